The van der Waals surface area contributed by atoms with Gasteiger partial charge in [0.15, 0.2) is 16.1 Å². The van der Waals surface area contributed by atoms with E-state index in [-0.39, 0.29) is 60.5 Å². The second-order valence-corrected chi connectivity index (χ2v) is 17.1. The van der Waals surface area contributed by atoms with Crippen molar-refractivity contribution in [1.29, 1.82) is 0 Å². The van der Waals surface area contributed by atoms with Gasteiger partial charge in [-0.1, -0.05) is 66.3 Å². The summed E-state index contributed by atoms with van der Waals surface area (Å²) >= 11 is 0. The van der Waals surface area contributed by atoms with Gasteiger partial charge in [-0.3, -0.25) is 0 Å². The monoisotopic (exact) mass is 702 g/mol. The molecule has 1 aromatic carbocycles. The van der Waals surface area contributed by atoms with Crippen LogP contribution >= 0.6 is 0 Å². The van der Waals surface area contributed by atoms with E-state index in [1.165, 1.54) is 0 Å². The molecule has 3 aliphatic heterocycles. The smallest absolute Gasteiger partial charge is 0.178 e. The fraction of sp³-hybridized carbons (Fsp3) is 0.756. The molecule has 0 unspecified atom stereocenters. The molecule has 0 aromatic heterocycles. The maximum atomic E-state index is 13.8. The summed E-state index contributed by atoms with van der Waals surface area (Å²) < 4.78 is 59.1. The molecule has 0 amide bonds. The average molecular weight is 703 g/mol. The van der Waals surface area contributed by atoms with Crippen molar-refractivity contribution in [2.75, 3.05) is 19.0 Å². The van der Waals surface area contributed by atoms with Crippen molar-refractivity contribution in [2.24, 2.45) is 23.7 Å². The summed E-state index contributed by atoms with van der Waals surface area (Å²) in [6, 6.07) is 7.39. The molecule has 0 radical (unpaired) electrons. The third-order valence-corrected chi connectivity index (χ3v) is 13.3. The lowest BCUT2D eigenvalue weighted by Gasteiger charge is -2.38. The highest BCUT2D eigenvalue weighted by Gasteiger charge is 2.46. The molecule has 4 rings (SSSR count). The maximum Gasteiger partial charge on any atom is 0.178 e. The first kappa shape index (κ1) is 40.2. The lowest BCUT2D eigenvalue weighted by atomic mass is 9.81. The van der Waals surface area contributed by atoms with Gasteiger partial charge >= 0.3 is 0 Å². The minimum Gasteiger partial charge on any atom is -0.374 e. The van der Waals surface area contributed by atoms with Crippen LogP contribution in [0.4, 0.5) is 0 Å². The van der Waals surface area contributed by atoms with Crippen LogP contribution in [0.2, 0.25) is 0 Å². The predicted molar refractivity (Wildman–Crippen MR) is 197 cm³/mol. The van der Waals surface area contributed by atoms with E-state index in [4.69, 9.17) is 23.7 Å². The molecule has 0 saturated carbocycles. The van der Waals surface area contributed by atoms with Gasteiger partial charge < -0.3 is 23.7 Å². The van der Waals surface area contributed by atoms with E-state index < -0.39 is 9.84 Å². The van der Waals surface area contributed by atoms with Crippen molar-refractivity contribution >= 4 is 9.84 Å². The van der Waals surface area contributed by atoms with Crippen molar-refractivity contribution in [1.82, 2.24) is 0 Å². The van der Waals surface area contributed by atoms with Crippen molar-refractivity contribution in [3.05, 3.63) is 54.1 Å². The molecular weight excluding hydrogens is 637 g/mol. The zero-order chi connectivity index (χ0) is 35.7. The number of sulfone groups is 1. The molecule has 10 atom stereocenters. The van der Waals surface area contributed by atoms with Gasteiger partial charge in [-0.2, -0.15) is 0 Å². The van der Waals surface area contributed by atoms with Crippen molar-refractivity contribution in [3.63, 3.8) is 0 Å². The van der Waals surface area contributed by atoms with Crippen LogP contribution in [0, 0.1) is 23.7 Å². The van der Waals surface area contributed by atoms with Crippen molar-refractivity contribution in [3.8, 4) is 0 Å². The molecule has 0 bridgehead atoms. The first-order valence-corrected chi connectivity index (χ1v) is 20.9. The van der Waals surface area contributed by atoms with Crippen LogP contribution in [-0.4, -0.2) is 70.3 Å². The van der Waals surface area contributed by atoms with Crippen LogP contribution in [0.5, 0.6) is 0 Å². The Balaban J connectivity index is 1.39. The molecule has 3 saturated heterocycles. The second-order valence-electron chi connectivity index (χ2n) is 15.1. The minimum atomic E-state index is -3.49. The minimum absolute atomic E-state index is 0.0310. The molecule has 3 heterocycles. The molecule has 1 aromatic rings. The molecule has 278 valence electrons. The lowest BCUT2D eigenvalue weighted by molar-refractivity contribution is -0.144. The molecule has 3 fully saturated rings. The summed E-state index contributed by atoms with van der Waals surface area (Å²) in [5.74, 6) is 0.918. The average Bonchev–Trinajstić information content (AvgIpc) is 3.57. The number of benzene rings is 1. The van der Waals surface area contributed by atoms with Gasteiger partial charge in [-0.05, 0) is 105 Å². The van der Waals surface area contributed by atoms with Gasteiger partial charge in [0.2, 0.25) is 0 Å². The Kier molecular flexibility index (Phi) is 15.4. The summed E-state index contributed by atoms with van der Waals surface area (Å²) in [7, 11) is -3.49. The Morgan fingerprint density at radius 3 is 2.18 bits per heavy atom. The number of ether oxygens (including phenoxy) is 5. The molecule has 7 nitrogen and oxygen atoms in total. The lowest BCUT2D eigenvalue weighted by Crippen LogP contribution is -2.38. The molecular formula is C41H66O7S. The number of rotatable bonds is 19. The normalized spacial score (nSPS) is 31.6. The first-order chi connectivity index (χ1) is 23.4. The van der Waals surface area contributed by atoms with E-state index >= 15 is 0 Å². The first-order valence-electron chi connectivity index (χ1n) is 19.3. The second kappa shape index (κ2) is 18.8. The topological polar surface area (TPSA) is 80.3 Å². The quantitative estimate of drug-likeness (QED) is 0.105. The van der Waals surface area contributed by atoms with Gasteiger partial charge in [-0.25, -0.2) is 8.42 Å². The highest BCUT2D eigenvalue weighted by atomic mass is 32.2. The van der Waals surface area contributed by atoms with E-state index in [0.29, 0.717) is 36.4 Å². The van der Waals surface area contributed by atoms with Gasteiger partial charge in [0.05, 0.1) is 47.3 Å². The number of hydrogen-bond acceptors (Lipinski definition) is 7. The number of hydrogen-bond donors (Lipinski definition) is 0. The highest BCUT2D eigenvalue weighted by molar-refractivity contribution is 7.91. The Labute approximate surface area is 298 Å². The molecule has 0 aliphatic carbocycles. The van der Waals surface area contributed by atoms with Crippen LogP contribution in [0.25, 0.3) is 0 Å². The molecule has 0 N–H and O–H groups in total. The molecule has 8 heteroatoms. The van der Waals surface area contributed by atoms with Crippen molar-refractivity contribution < 1.29 is 32.1 Å². The fourth-order valence-electron chi connectivity index (χ4n) is 8.00. The van der Waals surface area contributed by atoms with Crippen LogP contribution in [0.3, 0.4) is 0 Å². The van der Waals surface area contributed by atoms with Crippen LogP contribution in [-0.2, 0) is 39.9 Å². The van der Waals surface area contributed by atoms with E-state index in [1.807, 2.05) is 26.0 Å². The largest absolute Gasteiger partial charge is 0.374 e. The zero-order valence-corrected chi connectivity index (χ0v) is 32.3. The Morgan fingerprint density at radius 1 is 0.878 bits per heavy atom. The van der Waals surface area contributed by atoms with Crippen LogP contribution in [0.15, 0.2) is 53.5 Å². The van der Waals surface area contributed by atoms with Gasteiger partial charge in [0.25, 0.3) is 0 Å². The summed E-state index contributed by atoms with van der Waals surface area (Å²) in [6.45, 7) is 25.1. The Hall–Kier alpha value is -1.55. The van der Waals surface area contributed by atoms with E-state index in [9.17, 15) is 8.42 Å². The Morgan fingerprint density at radius 2 is 1.55 bits per heavy atom. The Bertz CT molecular complexity index is 1290. The SMILES string of the molecule is C=C1C[C@H](CCC(OCC)OCC)O[C@H]1CC[C@H]1C[C@@H](C)C(=C)[C@@H](C[C@@H]2O[C@H](C[C@H](C)CC)[C@H](C)[C@H]2CS(=O)(=O)c2ccc(CC)cc2)O1. The third-order valence-electron chi connectivity index (χ3n) is 11.5. The van der Waals surface area contributed by atoms with Crippen LogP contribution < -0.4 is 0 Å². The molecule has 0 spiro atoms. The fourth-order valence-corrected chi connectivity index (χ4v) is 9.77. The highest BCUT2D eigenvalue weighted by Crippen LogP contribution is 2.43. The van der Waals surface area contributed by atoms with Gasteiger partial charge in [-0.15, -0.1) is 0 Å². The molecule has 3 aliphatic rings. The third kappa shape index (κ3) is 11.0. The summed E-state index contributed by atoms with van der Waals surface area (Å²) in [4.78, 5) is 0.398. The van der Waals surface area contributed by atoms with E-state index in [1.54, 1.807) is 12.1 Å². The van der Waals surface area contributed by atoms with Gasteiger partial charge in [0.1, 0.15) is 0 Å². The maximum absolute atomic E-state index is 13.8. The van der Waals surface area contributed by atoms with Crippen molar-refractivity contribution in [2.45, 2.75) is 160 Å². The van der Waals surface area contributed by atoms with E-state index in [2.05, 4.69) is 47.8 Å². The van der Waals surface area contributed by atoms with E-state index in [0.717, 1.165) is 74.5 Å². The predicted octanol–water partition coefficient (Wildman–Crippen LogP) is 8.89. The van der Waals surface area contributed by atoms with Gasteiger partial charge in [0, 0.05) is 32.0 Å². The summed E-state index contributed by atoms with van der Waals surface area (Å²) in [5.41, 5.74) is 3.39. The van der Waals surface area contributed by atoms with Crippen LogP contribution in [0.1, 0.15) is 112 Å². The summed E-state index contributed by atoms with van der Waals surface area (Å²) in [6.07, 6.45) is 8.50. The standard InChI is InChI=1S/C41H66O7S/c1-10-27(5)22-38-31(9)36(26-49(42,43)35-18-14-32(11-2)15-19-35)40(48-38)25-39-30(8)28(6)23-33(47-39)16-20-37-29(7)24-34(46-37)17-21-41(44-12-3)45-13-4/h14-15,18-19,27-28,31,33-34,36-41H,7-8,10-13,16-17,20-26H2,1-6,9H3/t27-,28-,31-,33+,34+,36-,37+,38-,39-,40+/m1/s1. The molecule has 49 heavy (non-hydrogen) atoms. The summed E-state index contributed by atoms with van der Waals surface area (Å²) in [5, 5.41) is 0. The zero-order valence-electron chi connectivity index (χ0n) is 31.5. The number of aryl methyl sites for hydroxylation is 1.